The Labute approximate surface area is 55.5 Å². The van der Waals surface area contributed by atoms with Crippen molar-refractivity contribution in [2.45, 2.75) is 0 Å². The van der Waals surface area contributed by atoms with E-state index in [2.05, 4.69) is 23.5 Å². The van der Waals surface area contributed by atoms with Crippen molar-refractivity contribution < 1.29 is 0 Å². The topological polar surface area (TPSA) is 15.3 Å². The molecule has 0 aromatic heterocycles. The number of hydrogen-bond acceptors (Lipinski definition) is 2. The van der Waals surface area contributed by atoms with E-state index in [9.17, 15) is 0 Å². The summed E-state index contributed by atoms with van der Waals surface area (Å²) in [4.78, 5) is 2.28. The van der Waals surface area contributed by atoms with E-state index >= 15 is 0 Å². The first kappa shape index (κ1) is 5.30. The van der Waals surface area contributed by atoms with Crippen molar-refractivity contribution in [3.8, 4) is 0 Å². The first-order valence-electron chi connectivity index (χ1n) is 3.48. The molecule has 0 aromatic rings. The molecule has 1 N–H and O–H groups in total. The predicted octanol–water partition coefficient (Wildman–Crippen LogP) is 0.0351. The Morgan fingerprint density at radius 1 is 1.78 bits per heavy atom. The highest BCUT2D eigenvalue weighted by Gasteiger charge is 2.25. The molecule has 2 aliphatic rings. The molecular weight excluding hydrogens is 112 g/mol. The molecule has 2 heterocycles. The van der Waals surface area contributed by atoms with Gasteiger partial charge in [0, 0.05) is 32.6 Å². The standard InChI is InChI=1S/C7H12N2/c1-9-4-6-2-8-3-7(6)5-9/h4,7-8H,2-3,5H2,1H3/t7-/m1/s1. The first-order valence-corrected chi connectivity index (χ1v) is 3.48. The number of fused-ring (bicyclic) bond motifs is 1. The molecule has 0 aliphatic carbocycles. The summed E-state index contributed by atoms with van der Waals surface area (Å²) in [5.74, 6) is 0.829. The van der Waals surface area contributed by atoms with Crippen molar-refractivity contribution >= 4 is 0 Å². The zero-order valence-corrected chi connectivity index (χ0v) is 5.72. The van der Waals surface area contributed by atoms with Gasteiger partial charge >= 0.3 is 0 Å². The summed E-state index contributed by atoms with van der Waals surface area (Å²) in [7, 11) is 2.14. The molecule has 0 bridgehead atoms. The lowest BCUT2D eigenvalue weighted by atomic mass is 10.1. The van der Waals surface area contributed by atoms with Gasteiger partial charge in [-0.1, -0.05) is 0 Å². The van der Waals surface area contributed by atoms with Crippen LogP contribution in [0.15, 0.2) is 11.8 Å². The number of hydrogen-bond donors (Lipinski definition) is 1. The van der Waals surface area contributed by atoms with Crippen molar-refractivity contribution in [1.29, 1.82) is 0 Å². The zero-order chi connectivity index (χ0) is 6.27. The summed E-state index contributed by atoms with van der Waals surface area (Å²) >= 11 is 0. The van der Waals surface area contributed by atoms with Gasteiger partial charge in [-0.05, 0) is 11.8 Å². The predicted molar refractivity (Wildman–Crippen MR) is 37.1 cm³/mol. The van der Waals surface area contributed by atoms with Gasteiger partial charge in [0.2, 0.25) is 0 Å². The van der Waals surface area contributed by atoms with Crippen molar-refractivity contribution in [1.82, 2.24) is 10.2 Å². The fourth-order valence-electron chi connectivity index (χ4n) is 1.68. The molecule has 0 radical (unpaired) electrons. The van der Waals surface area contributed by atoms with Crippen LogP contribution >= 0.6 is 0 Å². The summed E-state index contributed by atoms with van der Waals surface area (Å²) in [6.07, 6.45) is 2.27. The quantitative estimate of drug-likeness (QED) is 0.490. The van der Waals surface area contributed by atoms with Gasteiger partial charge in [-0.2, -0.15) is 0 Å². The van der Waals surface area contributed by atoms with Gasteiger partial charge in [-0.3, -0.25) is 0 Å². The third-order valence-corrected chi connectivity index (χ3v) is 2.14. The second-order valence-electron chi connectivity index (χ2n) is 2.97. The third-order valence-electron chi connectivity index (χ3n) is 2.14. The molecule has 1 saturated heterocycles. The molecule has 0 aromatic carbocycles. The van der Waals surface area contributed by atoms with Crippen LogP contribution in [0.4, 0.5) is 0 Å². The summed E-state index contributed by atoms with van der Waals surface area (Å²) in [5.41, 5.74) is 1.59. The van der Waals surface area contributed by atoms with Crippen LogP contribution in [0.2, 0.25) is 0 Å². The van der Waals surface area contributed by atoms with Gasteiger partial charge < -0.3 is 10.2 Å². The molecule has 9 heavy (non-hydrogen) atoms. The summed E-state index contributed by atoms with van der Waals surface area (Å²) < 4.78 is 0. The van der Waals surface area contributed by atoms with Gasteiger partial charge in [-0.15, -0.1) is 0 Å². The Bertz CT molecular complexity index is 151. The van der Waals surface area contributed by atoms with Crippen molar-refractivity contribution in [2.75, 3.05) is 26.7 Å². The molecule has 0 spiro atoms. The molecule has 2 nitrogen and oxygen atoms in total. The average molecular weight is 124 g/mol. The SMILES string of the molecule is CN1C=C2CNC[C@@H]2C1. The van der Waals surface area contributed by atoms with Gasteiger partial charge in [0.15, 0.2) is 0 Å². The van der Waals surface area contributed by atoms with E-state index in [4.69, 9.17) is 0 Å². The Balaban J connectivity index is 2.18. The van der Waals surface area contributed by atoms with Gasteiger partial charge in [-0.25, -0.2) is 0 Å². The summed E-state index contributed by atoms with van der Waals surface area (Å²) in [6, 6.07) is 0. The Morgan fingerprint density at radius 2 is 2.67 bits per heavy atom. The van der Waals surface area contributed by atoms with E-state index in [1.807, 2.05) is 0 Å². The first-order chi connectivity index (χ1) is 4.36. The smallest absolute Gasteiger partial charge is 0.0248 e. The van der Waals surface area contributed by atoms with Crippen molar-refractivity contribution in [2.24, 2.45) is 5.92 Å². The van der Waals surface area contributed by atoms with E-state index in [1.165, 1.54) is 13.1 Å². The highest BCUT2D eigenvalue weighted by Crippen LogP contribution is 2.22. The second-order valence-corrected chi connectivity index (χ2v) is 2.97. The highest BCUT2D eigenvalue weighted by atomic mass is 15.1. The van der Waals surface area contributed by atoms with E-state index < -0.39 is 0 Å². The van der Waals surface area contributed by atoms with Crippen LogP contribution < -0.4 is 5.32 Å². The van der Waals surface area contributed by atoms with Crippen LogP contribution in [0.5, 0.6) is 0 Å². The molecule has 0 saturated carbocycles. The number of nitrogens with one attached hydrogen (secondary N) is 1. The fourth-order valence-corrected chi connectivity index (χ4v) is 1.68. The maximum Gasteiger partial charge on any atom is 0.0248 e. The summed E-state index contributed by atoms with van der Waals surface area (Å²) in [6.45, 7) is 3.54. The minimum Gasteiger partial charge on any atom is -0.380 e. The molecule has 50 valence electrons. The van der Waals surface area contributed by atoms with Gasteiger partial charge in [0.25, 0.3) is 0 Å². The van der Waals surface area contributed by atoms with Gasteiger partial charge in [0.1, 0.15) is 0 Å². The van der Waals surface area contributed by atoms with Crippen molar-refractivity contribution in [3.05, 3.63) is 11.8 Å². The largest absolute Gasteiger partial charge is 0.380 e. The monoisotopic (exact) mass is 124 g/mol. The minimum absolute atomic E-state index is 0.829. The molecule has 2 heteroatoms. The van der Waals surface area contributed by atoms with Gasteiger partial charge in [0.05, 0.1) is 0 Å². The molecule has 1 atom stereocenters. The molecule has 0 amide bonds. The second kappa shape index (κ2) is 1.74. The van der Waals surface area contributed by atoms with Crippen LogP contribution in [-0.4, -0.2) is 31.6 Å². The maximum absolute atomic E-state index is 3.35. The lowest BCUT2D eigenvalue weighted by Gasteiger charge is -2.08. The highest BCUT2D eigenvalue weighted by molar-refractivity contribution is 5.18. The molecule has 0 unspecified atom stereocenters. The van der Waals surface area contributed by atoms with Crippen LogP contribution in [0.25, 0.3) is 0 Å². The van der Waals surface area contributed by atoms with E-state index in [1.54, 1.807) is 5.57 Å². The maximum atomic E-state index is 3.35. The average Bonchev–Trinajstić information content (AvgIpc) is 2.22. The van der Waals surface area contributed by atoms with Crippen LogP contribution in [-0.2, 0) is 0 Å². The van der Waals surface area contributed by atoms with Crippen LogP contribution in [0.3, 0.4) is 0 Å². The zero-order valence-electron chi connectivity index (χ0n) is 5.72. The van der Waals surface area contributed by atoms with Crippen molar-refractivity contribution in [3.63, 3.8) is 0 Å². The fraction of sp³-hybridized carbons (Fsp3) is 0.714. The molecule has 2 aliphatic heterocycles. The normalized spacial score (nSPS) is 32.8. The lowest BCUT2D eigenvalue weighted by Crippen LogP contribution is -2.18. The minimum atomic E-state index is 0.829. The number of nitrogens with zero attached hydrogens (tertiary/aromatic N) is 1. The van der Waals surface area contributed by atoms with Crippen LogP contribution in [0.1, 0.15) is 0 Å². The Hall–Kier alpha value is -0.500. The van der Waals surface area contributed by atoms with Crippen LogP contribution in [0, 0.1) is 5.92 Å². The summed E-state index contributed by atoms with van der Waals surface area (Å²) in [5, 5.41) is 3.35. The molecular formula is C7H12N2. The van der Waals surface area contributed by atoms with E-state index in [0.29, 0.717) is 0 Å². The molecule has 1 fully saturated rings. The third kappa shape index (κ3) is 0.741. The molecule has 2 rings (SSSR count). The Kier molecular flexibility index (Phi) is 1.02. The Morgan fingerprint density at radius 3 is 3.44 bits per heavy atom. The number of rotatable bonds is 0. The van der Waals surface area contributed by atoms with E-state index in [0.717, 1.165) is 12.5 Å². The van der Waals surface area contributed by atoms with E-state index in [-0.39, 0.29) is 0 Å². The lowest BCUT2D eigenvalue weighted by molar-refractivity contribution is 0.437.